The van der Waals surface area contributed by atoms with Gasteiger partial charge in [0.05, 0.1) is 23.9 Å². The van der Waals surface area contributed by atoms with Crippen molar-refractivity contribution in [2.75, 3.05) is 18.0 Å². The molecule has 0 aliphatic carbocycles. The second-order valence-electron chi connectivity index (χ2n) is 7.88. The van der Waals surface area contributed by atoms with Gasteiger partial charge in [0.2, 0.25) is 16.5 Å². The molecular weight excluding hydrogens is 448 g/mol. The molecule has 1 aliphatic rings. The first-order chi connectivity index (χ1) is 15.8. The molecule has 5 rings (SSSR count). The number of nitrogens with zero attached hydrogens (tertiary/aromatic N) is 6. The zero-order chi connectivity index (χ0) is 23.3. The maximum atomic E-state index is 12.9. The number of oxazole rings is 1. The summed E-state index contributed by atoms with van der Waals surface area (Å²) in [5.74, 6) is 0.213. The van der Waals surface area contributed by atoms with E-state index in [9.17, 15) is 19.5 Å². The van der Waals surface area contributed by atoms with Crippen molar-refractivity contribution in [3.05, 3.63) is 57.8 Å². The van der Waals surface area contributed by atoms with Gasteiger partial charge in [-0.15, -0.1) is 0 Å². The van der Waals surface area contributed by atoms with Gasteiger partial charge >= 0.3 is 5.97 Å². The molecule has 0 amide bonds. The van der Waals surface area contributed by atoms with Crippen LogP contribution in [0.5, 0.6) is 0 Å². The lowest BCUT2D eigenvalue weighted by Gasteiger charge is -2.39. The maximum absolute atomic E-state index is 12.9. The van der Waals surface area contributed by atoms with Gasteiger partial charge in [-0.25, -0.2) is 19.7 Å². The molecule has 4 aromatic rings. The lowest BCUT2D eigenvalue weighted by molar-refractivity contribution is -0.123. The van der Waals surface area contributed by atoms with E-state index in [-0.39, 0.29) is 29.1 Å². The van der Waals surface area contributed by atoms with Crippen LogP contribution in [0.3, 0.4) is 0 Å². The molecule has 0 aromatic carbocycles. The molecular formula is C21H18N6O5S. The third kappa shape index (κ3) is 3.67. The molecule has 1 N–H and O–H groups in total. The van der Waals surface area contributed by atoms with E-state index in [0.717, 1.165) is 11.5 Å². The summed E-state index contributed by atoms with van der Waals surface area (Å²) < 4.78 is 10.8. The fraction of sp³-hybridized carbons (Fsp3) is 0.286. The third-order valence-corrected chi connectivity index (χ3v) is 6.25. The SMILES string of the molecule is Cc1cnc(CC(=O)C2CN(c3cc(C)c4c(=O)c(C(=O)O)cn(-c5ncns5)c4n3)C2)o1. The van der Waals surface area contributed by atoms with E-state index in [1.165, 1.54) is 17.1 Å². The highest BCUT2D eigenvalue weighted by atomic mass is 32.1. The van der Waals surface area contributed by atoms with Gasteiger partial charge in [-0.1, -0.05) is 0 Å². The highest BCUT2D eigenvalue weighted by Gasteiger charge is 2.34. The Labute approximate surface area is 190 Å². The Hall–Kier alpha value is -3.93. The zero-order valence-electron chi connectivity index (χ0n) is 17.7. The molecule has 5 heterocycles. The molecule has 0 unspecified atom stereocenters. The predicted molar refractivity (Wildman–Crippen MR) is 118 cm³/mol. The average Bonchev–Trinajstić information content (AvgIpc) is 3.38. The van der Waals surface area contributed by atoms with E-state index in [1.807, 2.05) is 4.90 Å². The number of aryl methyl sites for hydroxylation is 2. The molecule has 168 valence electrons. The summed E-state index contributed by atoms with van der Waals surface area (Å²) in [5.41, 5.74) is -0.0901. The zero-order valence-corrected chi connectivity index (χ0v) is 18.5. The van der Waals surface area contributed by atoms with Gasteiger partial charge in [0.15, 0.2) is 5.65 Å². The van der Waals surface area contributed by atoms with Crippen molar-refractivity contribution in [2.24, 2.45) is 5.92 Å². The third-order valence-electron chi connectivity index (χ3n) is 5.58. The summed E-state index contributed by atoms with van der Waals surface area (Å²) >= 11 is 1.06. The molecule has 4 aromatic heterocycles. The molecule has 33 heavy (non-hydrogen) atoms. The molecule has 0 spiro atoms. The Kier molecular flexibility index (Phi) is 5.01. The number of carbonyl (C=O) groups excluding carboxylic acids is 1. The van der Waals surface area contributed by atoms with Crippen molar-refractivity contribution in [3.63, 3.8) is 0 Å². The topological polar surface area (TPSA) is 144 Å². The predicted octanol–water partition coefficient (Wildman–Crippen LogP) is 1.79. The number of aromatic nitrogens is 5. The number of anilines is 1. The monoisotopic (exact) mass is 466 g/mol. The van der Waals surface area contributed by atoms with Crippen LogP contribution in [0.25, 0.3) is 16.2 Å². The van der Waals surface area contributed by atoms with E-state index in [1.54, 1.807) is 26.1 Å². The minimum absolute atomic E-state index is 0.0440. The number of ketones is 1. The van der Waals surface area contributed by atoms with E-state index in [4.69, 9.17) is 4.42 Å². The molecule has 0 saturated carbocycles. The van der Waals surface area contributed by atoms with Crippen LogP contribution in [0.1, 0.15) is 27.6 Å². The Morgan fingerprint density at radius 3 is 2.70 bits per heavy atom. The molecule has 0 atom stereocenters. The van der Waals surface area contributed by atoms with Gasteiger partial charge in [-0.05, 0) is 25.5 Å². The van der Waals surface area contributed by atoms with E-state index in [0.29, 0.717) is 46.9 Å². The van der Waals surface area contributed by atoms with Crippen molar-refractivity contribution < 1.29 is 19.1 Å². The fourth-order valence-electron chi connectivity index (χ4n) is 3.86. The Balaban J connectivity index is 1.48. The van der Waals surface area contributed by atoms with Crippen LogP contribution in [0.2, 0.25) is 0 Å². The quantitative estimate of drug-likeness (QED) is 0.446. The first-order valence-electron chi connectivity index (χ1n) is 10.1. The standard InChI is InChI=1S/C21H18N6O5S/c1-10-3-15(26-6-12(7-26)14(28)4-16-22-5-11(2)32-16)25-19-17(10)18(29)13(20(30)31)8-27(19)21-23-9-24-33-21/h3,5,8-9,12H,4,6-7H2,1-2H3,(H,30,31). The first kappa shape index (κ1) is 20.9. The lowest BCUT2D eigenvalue weighted by Crippen LogP contribution is -2.51. The Morgan fingerprint density at radius 1 is 1.27 bits per heavy atom. The minimum atomic E-state index is -1.33. The van der Waals surface area contributed by atoms with Crippen LogP contribution >= 0.6 is 11.5 Å². The summed E-state index contributed by atoms with van der Waals surface area (Å²) in [5, 5.41) is 10.1. The number of aromatic carboxylic acids is 1. The summed E-state index contributed by atoms with van der Waals surface area (Å²) in [6.45, 7) is 4.47. The highest BCUT2D eigenvalue weighted by molar-refractivity contribution is 7.08. The molecule has 0 bridgehead atoms. The van der Waals surface area contributed by atoms with Crippen molar-refractivity contribution >= 4 is 40.1 Å². The van der Waals surface area contributed by atoms with Crippen molar-refractivity contribution in [2.45, 2.75) is 20.3 Å². The number of fused-ring (bicyclic) bond motifs is 1. The van der Waals surface area contributed by atoms with Gasteiger partial charge in [0.1, 0.15) is 29.3 Å². The number of hydrogen-bond acceptors (Lipinski definition) is 10. The van der Waals surface area contributed by atoms with Gasteiger partial charge in [-0.2, -0.15) is 4.37 Å². The summed E-state index contributed by atoms with van der Waals surface area (Å²) in [7, 11) is 0. The second kappa shape index (κ2) is 7.89. The lowest BCUT2D eigenvalue weighted by atomic mass is 9.93. The van der Waals surface area contributed by atoms with E-state index < -0.39 is 11.4 Å². The van der Waals surface area contributed by atoms with Crippen LogP contribution in [0.4, 0.5) is 5.82 Å². The van der Waals surface area contributed by atoms with E-state index >= 15 is 0 Å². The molecule has 11 nitrogen and oxygen atoms in total. The van der Waals surface area contributed by atoms with Crippen molar-refractivity contribution in [1.82, 2.24) is 23.9 Å². The highest BCUT2D eigenvalue weighted by Crippen LogP contribution is 2.29. The van der Waals surface area contributed by atoms with Crippen molar-refractivity contribution in [1.29, 1.82) is 0 Å². The Morgan fingerprint density at radius 2 is 2.06 bits per heavy atom. The van der Waals surface area contributed by atoms with Crippen LogP contribution in [0.15, 0.2) is 34.0 Å². The smallest absolute Gasteiger partial charge is 0.341 e. The molecule has 1 saturated heterocycles. The maximum Gasteiger partial charge on any atom is 0.341 e. The van der Waals surface area contributed by atoms with Gasteiger partial charge in [0.25, 0.3) is 0 Å². The number of hydrogen-bond donors (Lipinski definition) is 1. The van der Waals surface area contributed by atoms with Crippen LogP contribution < -0.4 is 10.3 Å². The molecule has 0 radical (unpaired) electrons. The van der Waals surface area contributed by atoms with Crippen LogP contribution in [-0.4, -0.2) is 53.8 Å². The summed E-state index contributed by atoms with van der Waals surface area (Å²) in [6, 6.07) is 1.73. The molecule has 12 heteroatoms. The van der Waals surface area contributed by atoms with Crippen LogP contribution in [-0.2, 0) is 11.2 Å². The number of pyridine rings is 2. The molecule has 1 aliphatic heterocycles. The van der Waals surface area contributed by atoms with Gasteiger partial charge < -0.3 is 14.4 Å². The van der Waals surface area contributed by atoms with Crippen molar-refractivity contribution in [3.8, 4) is 5.13 Å². The summed E-state index contributed by atoms with van der Waals surface area (Å²) in [4.78, 5) is 51.9. The van der Waals surface area contributed by atoms with Crippen LogP contribution in [0, 0.1) is 19.8 Å². The average molecular weight is 466 g/mol. The number of carboxylic acids is 1. The first-order valence-corrected chi connectivity index (χ1v) is 10.9. The largest absolute Gasteiger partial charge is 0.477 e. The molecule has 1 fully saturated rings. The van der Waals surface area contributed by atoms with Gasteiger partial charge in [0, 0.05) is 30.8 Å². The number of Topliss-reactive ketones (excluding diaryl/α,β-unsaturated/α-hetero) is 1. The number of carbonyl (C=O) groups is 2. The number of carboxylic acid groups (broad SMARTS) is 1. The van der Waals surface area contributed by atoms with Gasteiger partial charge in [-0.3, -0.25) is 14.2 Å². The summed E-state index contributed by atoms with van der Waals surface area (Å²) in [6.07, 6.45) is 4.31. The fourth-order valence-corrected chi connectivity index (χ4v) is 4.37. The second-order valence-corrected chi connectivity index (χ2v) is 8.64. The number of rotatable bonds is 6. The Bertz CT molecular complexity index is 1450. The normalized spacial score (nSPS) is 13.9. The van der Waals surface area contributed by atoms with E-state index in [2.05, 4.69) is 19.3 Å². The minimum Gasteiger partial charge on any atom is -0.477 e.